The summed E-state index contributed by atoms with van der Waals surface area (Å²) < 4.78 is 17.1. The summed E-state index contributed by atoms with van der Waals surface area (Å²) in [6.07, 6.45) is 0.0127. The van der Waals surface area contributed by atoms with Gasteiger partial charge in [-0.3, -0.25) is 4.79 Å². The molecule has 322 valence electrons. The Labute approximate surface area is 375 Å². The van der Waals surface area contributed by atoms with E-state index in [1.165, 1.54) is 6.08 Å². The number of hydrogen-bond donors (Lipinski definition) is 1. The molecule has 0 bridgehead atoms. The Morgan fingerprint density at radius 1 is 0.698 bits per heavy atom. The lowest BCUT2D eigenvalue weighted by atomic mass is 9.84. The van der Waals surface area contributed by atoms with Crippen molar-refractivity contribution in [2.75, 3.05) is 30.4 Å². The molecule has 0 radical (unpaired) electrons. The van der Waals surface area contributed by atoms with Gasteiger partial charge in [0.25, 0.3) is 5.91 Å². The average Bonchev–Trinajstić information content (AvgIpc) is 3.63. The summed E-state index contributed by atoms with van der Waals surface area (Å²) in [6, 6.07) is 53.0. The Bertz CT molecular complexity index is 2350. The van der Waals surface area contributed by atoms with E-state index >= 15 is 4.79 Å². The Morgan fingerprint density at radius 3 is 1.68 bits per heavy atom. The summed E-state index contributed by atoms with van der Waals surface area (Å²) in [5, 5.41) is 2.93. The lowest BCUT2D eigenvalue weighted by Gasteiger charge is -2.37. The van der Waals surface area contributed by atoms with Gasteiger partial charge in [-0.05, 0) is 90.9 Å². The van der Waals surface area contributed by atoms with Crippen molar-refractivity contribution in [1.29, 1.82) is 0 Å². The highest BCUT2D eigenvalue weighted by Gasteiger charge is 2.39. The molecule has 0 aromatic heterocycles. The SMILES string of the molecule is C=CCOC(=O)c1ccc(N(CCSC(c2ccccc2)(c2ccccc2)c2ccccc2)C(=O)[C@@H](NC(=O)OCC2c3ccccc3-c3ccccc32)[C@@H](C)OC(C)(C)C)cc1. The third-order valence-corrected chi connectivity index (χ3v) is 12.6. The van der Waals surface area contributed by atoms with E-state index in [1.54, 1.807) is 47.9 Å². The highest BCUT2D eigenvalue weighted by molar-refractivity contribution is 8.00. The Hall–Kier alpha value is -6.42. The minimum absolute atomic E-state index is 0.0727. The fraction of sp³-hybridized carbons (Fsp3) is 0.241. The second-order valence-electron chi connectivity index (χ2n) is 16.4. The minimum Gasteiger partial charge on any atom is -0.458 e. The molecular formula is C54H54N2O6S. The monoisotopic (exact) mass is 858 g/mol. The van der Waals surface area contributed by atoms with E-state index in [0.29, 0.717) is 17.0 Å². The van der Waals surface area contributed by atoms with Gasteiger partial charge in [-0.25, -0.2) is 9.59 Å². The molecule has 0 saturated carbocycles. The maximum absolute atomic E-state index is 15.3. The molecule has 1 aliphatic rings. The number of carbonyl (C=O) groups is 3. The van der Waals surface area contributed by atoms with Crippen molar-refractivity contribution in [2.24, 2.45) is 0 Å². The van der Waals surface area contributed by atoms with E-state index in [0.717, 1.165) is 38.9 Å². The average molecular weight is 859 g/mol. The summed E-state index contributed by atoms with van der Waals surface area (Å²) in [7, 11) is 0. The number of carbonyl (C=O) groups excluding carboxylic acids is 3. The molecule has 9 heteroatoms. The molecule has 2 atom stereocenters. The molecule has 6 aromatic carbocycles. The maximum Gasteiger partial charge on any atom is 0.407 e. The zero-order valence-electron chi connectivity index (χ0n) is 36.2. The predicted molar refractivity (Wildman–Crippen MR) is 253 cm³/mol. The predicted octanol–water partition coefficient (Wildman–Crippen LogP) is 11.2. The van der Waals surface area contributed by atoms with Gasteiger partial charge in [0.05, 0.1) is 22.0 Å². The first-order valence-electron chi connectivity index (χ1n) is 21.3. The number of fused-ring (bicyclic) bond motifs is 3. The Balaban J connectivity index is 1.21. The Morgan fingerprint density at radius 2 is 1.19 bits per heavy atom. The molecular weight excluding hydrogens is 805 g/mol. The topological polar surface area (TPSA) is 94.2 Å². The first kappa shape index (κ1) is 44.6. The number of amides is 2. The number of nitrogens with zero attached hydrogens (tertiary/aromatic N) is 1. The molecule has 2 amide bonds. The molecule has 0 heterocycles. The minimum atomic E-state index is -1.15. The van der Waals surface area contributed by atoms with Crippen molar-refractivity contribution in [3.8, 4) is 11.1 Å². The molecule has 8 nitrogen and oxygen atoms in total. The molecule has 7 rings (SSSR count). The van der Waals surface area contributed by atoms with Crippen LogP contribution in [0.4, 0.5) is 10.5 Å². The highest BCUT2D eigenvalue weighted by atomic mass is 32.2. The number of hydrogen-bond acceptors (Lipinski definition) is 7. The molecule has 0 fully saturated rings. The third kappa shape index (κ3) is 10.3. The lowest BCUT2D eigenvalue weighted by Crippen LogP contribution is -2.56. The van der Waals surface area contributed by atoms with Crippen LogP contribution >= 0.6 is 11.8 Å². The summed E-state index contributed by atoms with van der Waals surface area (Å²) in [4.78, 5) is 43.7. The molecule has 1 N–H and O–H groups in total. The van der Waals surface area contributed by atoms with Crippen LogP contribution in [0, 0.1) is 0 Å². The van der Waals surface area contributed by atoms with E-state index in [-0.39, 0.29) is 25.7 Å². The smallest absolute Gasteiger partial charge is 0.407 e. The van der Waals surface area contributed by atoms with Crippen LogP contribution in [0.1, 0.15) is 71.8 Å². The van der Waals surface area contributed by atoms with Crippen LogP contribution in [0.5, 0.6) is 0 Å². The second-order valence-corrected chi connectivity index (χ2v) is 17.7. The van der Waals surface area contributed by atoms with Crippen molar-refractivity contribution >= 4 is 35.4 Å². The van der Waals surface area contributed by atoms with Crippen LogP contribution in [-0.4, -0.2) is 61.2 Å². The molecule has 6 aromatic rings. The van der Waals surface area contributed by atoms with Gasteiger partial charge in [0.1, 0.15) is 19.3 Å². The first-order chi connectivity index (χ1) is 30.5. The Kier molecular flexibility index (Phi) is 14.3. The number of benzene rings is 6. The van der Waals surface area contributed by atoms with E-state index in [2.05, 4.69) is 72.6 Å². The molecule has 0 unspecified atom stereocenters. The van der Waals surface area contributed by atoms with E-state index in [4.69, 9.17) is 14.2 Å². The molecule has 1 aliphatic carbocycles. The van der Waals surface area contributed by atoms with Gasteiger partial charge >= 0.3 is 12.1 Å². The van der Waals surface area contributed by atoms with Crippen LogP contribution in [0.2, 0.25) is 0 Å². The van der Waals surface area contributed by atoms with Gasteiger partial charge in [0.15, 0.2) is 0 Å². The summed E-state index contributed by atoms with van der Waals surface area (Å²) >= 11 is 1.72. The van der Waals surface area contributed by atoms with Crippen LogP contribution in [0.25, 0.3) is 11.1 Å². The zero-order chi connectivity index (χ0) is 44.4. The van der Waals surface area contributed by atoms with Gasteiger partial charge in [-0.1, -0.05) is 152 Å². The van der Waals surface area contributed by atoms with Crippen LogP contribution < -0.4 is 10.2 Å². The number of alkyl carbamates (subject to hydrolysis) is 1. The second kappa shape index (κ2) is 20.2. The number of anilines is 1. The molecule has 0 saturated heterocycles. The number of rotatable bonds is 17. The van der Waals surface area contributed by atoms with Crippen LogP contribution in [0.15, 0.2) is 176 Å². The third-order valence-electron chi connectivity index (χ3n) is 11.1. The summed E-state index contributed by atoms with van der Waals surface area (Å²) in [5.41, 5.74) is 7.90. The van der Waals surface area contributed by atoms with Gasteiger partial charge < -0.3 is 24.4 Å². The standard InChI is InChI=1S/C54H54N2O6S/c1-6-35-60-51(58)39-30-32-43(33-31-39)56(34-36-63-54(40-20-10-7-11-21-40,41-22-12-8-13-23-41)42-24-14-9-15-25-42)50(57)49(38(2)62-53(3,4)5)55-52(59)61-37-48-46-28-18-16-26-44(46)45-27-17-19-29-47(45)48/h6-33,38,48-49H,1,34-37H2,2-5H3,(H,55,59)/t38-,49+/m1/s1. The summed E-state index contributed by atoms with van der Waals surface area (Å²) in [6.45, 7) is 11.5. The van der Waals surface area contributed by atoms with Gasteiger partial charge in [-0.2, -0.15) is 0 Å². The van der Waals surface area contributed by atoms with Crippen LogP contribution in [-0.2, 0) is 23.8 Å². The van der Waals surface area contributed by atoms with Crippen LogP contribution in [0.3, 0.4) is 0 Å². The van der Waals surface area contributed by atoms with E-state index in [1.807, 2.05) is 99.6 Å². The highest BCUT2D eigenvalue weighted by Crippen LogP contribution is 2.49. The lowest BCUT2D eigenvalue weighted by molar-refractivity contribution is -0.128. The largest absolute Gasteiger partial charge is 0.458 e. The number of esters is 1. The zero-order valence-corrected chi connectivity index (χ0v) is 37.1. The van der Waals surface area contributed by atoms with Crippen molar-refractivity contribution in [1.82, 2.24) is 5.32 Å². The number of ether oxygens (including phenoxy) is 3. The molecule has 0 spiro atoms. The first-order valence-corrected chi connectivity index (χ1v) is 22.3. The van der Waals surface area contributed by atoms with Crippen molar-refractivity contribution < 1.29 is 28.6 Å². The van der Waals surface area contributed by atoms with Gasteiger partial charge in [0, 0.05) is 23.9 Å². The van der Waals surface area contributed by atoms with E-state index < -0.39 is 40.5 Å². The van der Waals surface area contributed by atoms with Crippen molar-refractivity contribution in [3.63, 3.8) is 0 Å². The van der Waals surface area contributed by atoms with E-state index in [9.17, 15) is 9.59 Å². The normalized spacial score (nSPS) is 13.2. The fourth-order valence-corrected chi connectivity index (χ4v) is 9.85. The van der Waals surface area contributed by atoms with Gasteiger partial charge in [-0.15, -0.1) is 11.8 Å². The van der Waals surface area contributed by atoms with Crippen molar-refractivity contribution in [2.45, 2.75) is 56.1 Å². The fourth-order valence-electron chi connectivity index (χ4n) is 8.36. The summed E-state index contributed by atoms with van der Waals surface area (Å²) in [5.74, 6) is -0.590. The number of nitrogens with one attached hydrogen (secondary N) is 1. The quantitative estimate of drug-likeness (QED) is 0.0554. The number of thioether (sulfide) groups is 1. The molecule has 0 aliphatic heterocycles. The van der Waals surface area contributed by atoms with Gasteiger partial charge in [0.2, 0.25) is 0 Å². The van der Waals surface area contributed by atoms with Crippen molar-refractivity contribution in [3.05, 3.63) is 210 Å². The molecule has 63 heavy (non-hydrogen) atoms. The maximum atomic E-state index is 15.3.